The lowest BCUT2D eigenvalue weighted by molar-refractivity contribution is 0.218. The lowest BCUT2D eigenvalue weighted by atomic mass is 9.72. The molecule has 0 aliphatic heterocycles. The van der Waals surface area contributed by atoms with Crippen LogP contribution in [0, 0.1) is 11.3 Å². The molecule has 0 amide bonds. The molecule has 2 heterocycles. The van der Waals surface area contributed by atoms with Gasteiger partial charge in [0.15, 0.2) is 0 Å². The van der Waals surface area contributed by atoms with Crippen LogP contribution in [0.25, 0.3) is 10.2 Å². The van der Waals surface area contributed by atoms with Crippen LogP contribution < -0.4 is 5.56 Å². The molecule has 0 saturated carbocycles. The number of aryl methyl sites for hydroxylation is 2. The number of hydrogen-bond acceptors (Lipinski definition) is 3. The van der Waals surface area contributed by atoms with Gasteiger partial charge in [-0.05, 0) is 36.2 Å². The number of hydrogen-bond donors (Lipinski definition) is 0. The molecular weight excluding hydrogens is 256 g/mol. The fourth-order valence-corrected chi connectivity index (χ4v) is 4.25. The Balaban J connectivity index is 2.14. The first-order chi connectivity index (χ1) is 8.88. The van der Waals surface area contributed by atoms with Gasteiger partial charge in [0, 0.05) is 11.9 Å². The van der Waals surface area contributed by atoms with Crippen LogP contribution in [0.5, 0.6) is 0 Å². The number of fused-ring (bicyclic) bond motifs is 3. The van der Waals surface area contributed by atoms with Gasteiger partial charge in [-0.15, -0.1) is 11.3 Å². The van der Waals surface area contributed by atoms with E-state index >= 15 is 0 Å². The van der Waals surface area contributed by atoms with E-state index in [1.165, 1.54) is 16.9 Å². The van der Waals surface area contributed by atoms with Crippen molar-refractivity contribution in [1.29, 1.82) is 0 Å². The standard InChI is InChI=1S/C15H20N2OS/c1-15(2,3)9-5-6-10-11(7-9)19-13-12(10)14(18)17(4)8-16-13/h8-9H,5-7H2,1-4H3/t9-/m1/s1. The second-order valence-electron chi connectivity index (χ2n) is 6.65. The van der Waals surface area contributed by atoms with Gasteiger partial charge in [-0.2, -0.15) is 0 Å². The largest absolute Gasteiger partial charge is 0.302 e. The molecule has 19 heavy (non-hydrogen) atoms. The normalized spacial score (nSPS) is 19.7. The number of aromatic nitrogens is 2. The Morgan fingerprint density at radius 2 is 2.16 bits per heavy atom. The van der Waals surface area contributed by atoms with Crippen molar-refractivity contribution >= 4 is 21.6 Å². The minimum absolute atomic E-state index is 0.108. The highest BCUT2D eigenvalue weighted by Crippen LogP contribution is 2.41. The van der Waals surface area contributed by atoms with Crippen molar-refractivity contribution < 1.29 is 0 Å². The minimum atomic E-state index is 0.108. The van der Waals surface area contributed by atoms with Gasteiger partial charge < -0.3 is 4.57 Å². The molecular formula is C15H20N2OS. The Hall–Kier alpha value is -1.16. The smallest absolute Gasteiger partial charge is 0.262 e. The zero-order chi connectivity index (χ0) is 13.8. The average molecular weight is 276 g/mol. The molecule has 0 N–H and O–H groups in total. The van der Waals surface area contributed by atoms with Gasteiger partial charge in [0.05, 0.1) is 11.7 Å². The van der Waals surface area contributed by atoms with Crippen molar-refractivity contribution in [1.82, 2.24) is 9.55 Å². The molecule has 102 valence electrons. The number of rotatable bonds is 0. The maximum Gasteiger partial charge on any atom is 0.262 e. The molecule has 4 heteroatoms. The Bertz CT molecular complexity index is 690. The van der Waals surface area contributed by atoms with Gasteiger partial charge >= 0.3 is 0 Å². The highest BCUT2D eigenvalue weighted by Gasteiger charge is 2.31. The first-order valence-electron chi connectivity index (χ1n) is 6.84. The second-order valence-corrected chi connectivity index (χ2v) is 7.73. The van der Waals surface area contributed by atoms with Crippen molar-refractivity contribution in [3.8, 4) is 0 Å². The summed E-state index contributed by atoms with van der Waals surface area (Å²) in [6.07, 6.45) is 4.94. The van der Waals surface area contributed by atoms with Crippen LogP contribution in [0.4, 0.5) is 0 Å². The quantitative estimate of drug-likeness (QED) is 0.741. The van der Waals surface area contributed by atoms with Crippen LogP contribution in [0.3, 0.4) is 0 Å². The zero-order valence-corrected chi connectivity index (χ0v) is 12.8. The van der Waals surface area contributed by atoms with Crippen molar-refractivity contribution in [2.45, 2.75) is 40.0 Å². The van der Waals surface area contributed by atoms with Gasteiger partial charge in [0.2, 0.25) is 0 Å². The van der Waals surface area contributed by atoms with Crippen molar-refractivity contribution in [2.24, 2.45) is 18.4 Å². The van der Waals surface area contributed by atoms with Crippen LogP contribution in [0.2, 0.25) is 0 Å². The van der Waals surface area contributed by atoms with Gasteiger partial charge in [0.1, 0.15) is 4.83 Å². The van der Waals surface area contributed by atoms with E-state index in [1.807, 2.05) is 0 Å². The summed E-state index contributed by atoms with van der Waals surface area (Å²) in [6.45, 7) is 6.94. The Kier molecular flexibility index (Phi) is 2.82. The van der Waals surface area contributed by atoms with E-state index < -0.39 is 0 Å². The van der Waals surface area contributed by atoms with E-state index in [0.29, 0.717) is 11.3 Å². The molecule has 1 aliphatic rings. The van der Waals surface area contributed by atoms with Crippen LogP contribution in [-0.4, -0.2) is 9.55 Å². The fourth-order valence-electron chi connectivity index (χ4n) is 2.99. The molecule has 2 aromatic rings. The summed E-state index contributed by atoms with van der Waals surface area (Å²) in [7, 11) is 1.78. The van der Waals surface area contributed by atoms with Crippen LogP contribution in [0.1, 0.15) is 37.6 Å². The average Bonchev–Trinajstić information content (AvgIpc) is 2.70. The maximum atomic E-state index is 12.3. The highest BCUT2D eigenvalue weighted by atomic mass is 32.1. The lowest BCUT2D eigenvalue weighted by Crippen LogP contribution is -2.26. The molecule has 1 atom stereocenters. The van der Waals surface area contributed by atoms with E-state index in [0.717, 1.165) is 23.1 Å². The summed E-state index contributed by atoms with van der Waals surface area (Å²) in [5, 5.41) is 0.873. The van der Waals surface area contributed by atoms with Gasteiger partial charge in [-0.1, -0.05) is 20.8 Å². The summed E-state index contributed by atoms with van der Waals surface area (Å²) >= 11 is 1.72. The van der Waals surface area contributed by atoms with E-state index in [1.54, 1.807) is 29.3 Å². The molecule has 0 unspecified atom stereocenters. The van der Waals surface area contributed by atoms with Crippen molar-refractivity contribution in [3.05, 3.63) is 27.1 Å². The lowest BCUT2D eigenvalue weighted by Gasteiger charge is -2.33. The predicted molar refractivity (Wildman–Crippen MR) is 79.8 cm³/mol. The Morgan fingerprint density at radius 3 is 2.84 bits per heavy atom. The van der Waals surface area contributed by atoms with Gasteiger partial charge in [-0.25, -0.2) is 4.98 Å². The molecule has 3 nitrogen and oxygen atoms in total. The SMILES string of the molecule is Cn1cnc2sc3c(c2c1=O)CC[C@@H](C(C)(C)C)C3. The van der Waals surface area contributed by atoms with Gasteiger partial charge in [0.25, 0.3) is 5.56 Å². The molecule has 0 saturated heterocycles. The van der Waals surface area contributed by atoms with Crippen molar-refractivity contribution in [3.63, 3.8) is 0 Å². The summed E-state index contributed by atoms with van der Waals surface area (Å²) in [5.41, 5.74) is 1.72. The summed E-state index contributed by atoms with van der Waals surface area (Å²) in [5.74, 6) is 0.705. The van der Waals surface area contributed by atoms with Crippen LogP contribution >= 0.6 is 11.3 Å². The molecule has 3 rings (SSSR count). The minimum Gasteiger partial charge on any atom is -0.302 e. The summed E-state index contributed by atoms with van der Waals surface area (Å²) in [6, 6.07) is 0. The molecule has 1 aliphatic carbocycles. The van der Waals surface area contributed by atoms with Crippen LogP contribution in [-0.2, 0) is 19.9 Å². The Morgan fingerprint density at radius 1 is 1.42 bits per heavy atom. The first-order valence-corrected chi connectivity index (χ1v) is 7.65. The van der Waals surface area contributed by atoms with Crippen LogP contribution in [0.15, 0.2) is 11.1 Å². The fraction of sp³-hybridized carbons (Fsp3) is 0.600. The molecule has 0 bridgehead atoms. The van der Waals surface area contributed by atoms with E-state index in [2.05, 4.69) is 25.8 Å². The Labute approximate surface area is 117 Å². The molecule has 0 aromatic carbocycles. The third-order valence-electron chi connectivity index (χ3n) is 4.35. The first kappa shape index (κ1) is 12.9. The van der Waals surface area contributed by atoms with Gasteiger partial charge in [-0.3, -0.25) is 4.79 Å². The third-order valence-corrected chi connectivity index (χ3v) is 5.52. The predicted octanol–water partition coefficient (Wildman–Crippen LogP) is 3.15. The number of thiophene rings is 1. The zero-order valence-electron chi connectivity index (χ0n) is 12.0. The topological polar surface area (TPSA) is 34.9 Å². The summed E-state index contributed by atoms with van der Waals surface area (Å²) in [4.78, 5) is 19.0. The molecule has 0 radical (unpaired) electrons. The molecule has 2 aromatic heterocycles. The molecule has 0 spiro atoms. The second kappa shape index (κ2) is 4.17. The maximum absolute atomic E-state index is 12.3. The van der Waals surface area contributed by atoms with E-state index in [4.69, 9.17) is 0 Å². The highest BCUT2D eigenvalue weighted by molar-refractivity contribution is 7.18. The summed E-state index contributed by atoms with van der Waals surface area (Å²) < 4.78 is 1.59. The molecule has 0 fully saturated rings. The monoisotopic (exact) mass is 276 g/mol. The number of nitrogens with zero attached hydrogens (tertiary/aromatic N) is 2. The van der Waals surface area contributed by atoms with E-state index in [-0.39, 0.29) is 5.56 Å². The third kappa shape index (κ3) is 2.02. The van der Waals surface area contributed by atoms with Crippen molar-refractivity contribution in [2.75, 3.05) is 0 Å². The van der Waals surface area contributed by atoms with E-state index in [9.17, 15) is 4.79 Å².